The van der Waals surface area contributed by atoms with Gasteiger partial charge in [0, 0.05) is 39.0 Å². The van der Waals surface area contributed by atoms with Crippen LogP contribution in [-0.4, -0.2) is 60.7 Å². The summed E-state index contributed by atoms with van der Waals surface area (Å²) in [6.07, 6.45) is 0.661. The maximum absolute atomic E-state index is 12.5. The number of hydrogen-bond donors (Lipinski definition) is 0. The number of nitrogens with zero attached hydrogens (tertiary/aromatic N) is 2. The molecule has 1 aliphatic heterocycles. The van der Waals surface area contributed by atoms with E-state index in [0.29, 0.717) is 19.5 Å². The van der Waals surface area contributed by atoms with Crippen molar-refractivity contribution in [1.82, 2.24) is 9.80 Å². The highest BCUT2D eigenvalue weighted by atomic mass is 32.2. The maximum atomic E-state index is 12.5. The van der Waals surface area contributed by atoms with Gasteiger partial charge >= 0.3 is 0 Å². The molecule has 1 aliphatic rings. The second kappa shape index (κ2) is 8.47. The van der Waals surface area contributed by atoms with Crippen LogP contribution in [0.15, 0.2) is 30.3 Å². The summed E-state index contributed by atoms with van der Waals surface area (Å²) in [7, 11) is -3.06. The van der Waals surface area contributed by atoms with E-state index in [1.807, 2.05) is 37.3 Å². The first-order valence-corrected chi connectivity index (χ1v) is 10.4. The molecule has 1 atom stereocenters. The summed E-state index contributed by atoms with van der Waals surface area (Å²) in [5.74, 6) is -0.0910. The third-order valence-corrected chi connectivity index (χ3v) is 6.32. The molecule has 0 bridgehead atoms. The third kappa shape index (κ3) is 5.56. The van der Waals surface area contributed by atoms with Crippen LogP contribution in [0, 0.1) is 0 Å². The van der Waals surface area contributed by atoms with Crippen LogP contribution in [0.1, 0.15) is 32.3 Å². The highest BCUT2D eigenvalue weighted by Crippen LogP contribution is 2.18. The SMILES string of the molecule is CCN(Cc1ccccc1)C(=O)CCN(C(C)=O)C1CCS(=O)(=O)C1. The first kappa shape index (κ1) is 19.4. The van der Waals surface area contributed by atoms with Crippen molar-refractivity contribution in [2.45, 2.75) is 39.3 Å². The molecule has 0 aromatic heterocycles. The number of hydrogen-bond acceptors (Lipinski definition) is 4. The molecule has 0 N–H and O–H groups in total. The molecule has 1 aromatic rings. The lowest BCUT2D eigenvalue weighted by molar-refractivity contribution is -0.134. The van der Waals surface area contributed by atoms with Gasteiger partial charge in [-0.1, -0.05) is 30.3 Å². The van der Waals surface area contributed by atoms with Crippen LogP contribution in [-0.2, 0) is 26.0 Å². The summed E-state index contributed by atoms with van der Waals surface area (Å²) in [5.41, 5.74) is 1.06. The largest absolute Gasteiger partial charge is 0.339 e. The van der Waals surface area contributed by atoms with Crippen molar-refractivity contribution in [1.29, 1.82) is 0 Å². The monoisotopic (exact) mass is 366 g/mol. The zero-order valence-corrected chi connectivity index (χ0v) is 15.7. The number of amides is 2. The topological polar surface area (TPSA) is 74.8 Å². The zero-order valence-electron chi connectivity index (χ0n) is 14.8. The standard InChI is InChI=1S/C18H26N2O4S/c1-3-19(13-16-7-5-4-6-8-16)18(22)9-11-20(15(2)21)17-10-12-25(23,24)14-17/h4-8,17H,3,9-14H2,1-2H3. The smallest absolute Gasteiger partial charge is 0.224 e. The van der Waals surface area contributed by atoms with Gasteiger partial charge in [-0.05, 0) is 18.9 Å². The van der Waals surface area contributed by atoms with Gasteiger partial charge in [-0.25, -0.2) is 8.42 Å². The minimum absolute atomic E-state index is 0.00226. The van der Waals surface area contributed by atoms with Gasteiger partial charge in [-0.15, -0.1) is 0 Å². The van der Waals surface area contributed by atoms with E-state index in [1.165, 1.54) is 6.92 Å². The van der Waals surface area contributed by atoms with Gasteiger partial charge in [-0.3, -0.25) is 9.59 Å². The molecule has 1 fully saturated rings. The second-order valence-electron chi connectivity index (χ2n) is 6.41. The molecular weight excluding hydrogens is 340 g/mol. The molecular formula is C18H26N2O4S. The van der Waals surface area contributed by atoms with Crippen LogP contribution in [0.3, 0.4) is 0 Å². The number of sulfone groups is 1. The van der Waals surface area contributed by atoms with E-state index in [9.17, 15) is 18.0 Å². The first-order valence-electron chi connectivity index (χ1n) is 8.61. The highest BCUT2D eigenvalue weighted by molar-refractivity contribution is 7.91. The van der Waals surface area contributed by atoms with Gasteiger partial charge in [-0.2, -0.15) is 0 Å². The van der Waals surface area contributed by atoms with Gasteiger partial charge < -0.3 is 9.80 Å². The van der Waals surface area contributed by atoms with Gasteiger partial charge in [0.1, 0.15) is 0 Å². The van der Waals surface area contributed by atoms with E-state index in [2.05, 4.69) is 0 Å². The Kier molecular flexibility index (Phi) is 6.58. The number of rotatable bonds is 7. The Bertz CT molecular complexity index is 703. The fourth-order valence-corrected chi connectivity index (χ4v) is 4.90. The van der Waals surface area contributed by atoms with E-state index >= 15 is 0 Å². The summed E-state index contributed by atoms with van der Waals surface area (Å²) < 4.78 is 23.3. The lowest BCUT2D eigenvalue weighted by Gasteiger charge is -2.28. The Balaban J connectivity index is 1.94. The Morgan fingerprint density at radius 2 is 1.88 bits per heavy atom. The molecule has 0 aliphatic carbocycles. The minimum atomic E-state index is -3.06. The van der Waals surface area contributed by atoms with Gasteiger partial charge in [0.2, 0.25) is 11.8 Å². The minimum Gasteiger partial charge on any atom is -0.339 e. The third-order valence-electron chi connectivity index (χ3n) is 4.57. The molecule has 138 valence electrons. The van der Waals surface area contributed by atoms with Crippen molar-refractivity contribution >= 4 is 21.7 Å². The van der Waals surface area contributed by atoms with Gasteiger partial charge in [0.25, 0.3) is 0 Å². The van der Waals surface area contributed by atoms with Crippen LogP contribution in [0.25, 0.3) is 0 Å². The summed E-state index contributed by atoms with van der Waals surface area (Å²) in [4.78, 5) is 27.7. The molecule has 7 heteroatoms. The molecule has 1 saturated heterocycles. The quantitative estimate of drug-likeness (QED) is 0.732. The first-order chi connectivity index (χ1) is 11.8. The summed E-state index contributed by atoms with van der Waals surface area (Å²) in [5, 5.41) is 0. The van der Waals surface area contributed by atoms with E-state index < -0.39 is 9.84 Å². The van der Waals surface area contributed by atoms with Gasteiger partial charge in [0.05, 0.1) is 11.5 Å². The van der Waals surface area contributed by atoms with E-state index in [0.717, 1.165) is 5.56 Å². The van der Waals surface area contributed by atoms with Crippen molar-refractivity contribution in [2.24, 2.45) is 0 Å². The second-order valence-corrected chi connectivity index (χ2v) is 8.64. The molecule has 1 heterocycles. The molecule has 2 rings (SSSR count). The van der Waals surface area contributed by atoms with E-state index in [-0.39, 0.29) is 42.3 Å². The molecule has 6 nitrogen and oxygen atoms in total. The Morgan fingerprint density at radius 1 is 1.20 bits per heavy atom. The van der Waals surface area contributed by atoms with Gasteiger partial charge in [0.15, 0.2) is 9.84 Å². The lowest BCUT2D eigenvalue weighted by atomic mass is 10.2. The molecule has 0 saturated carbocycles. The van der Waals surface area contributed by atoms with Crippen LogP contribution in [0.2, 0.25) is 0 Å². The summed E-state index contributed by atoms with van der Waals surface area (Å²) in [6, 6.07) is 9.45. The Labute approximate surface area is 149 Å². The molecule has 1 aromatic carbocycles. The van der Waals surface area contributed by atoms with E-state index in [1.54, 1.807) is 9.80 Å². The summed E-state index contributed by atoms with van der Waals surface area (Å²) in [6.45, 7) is 4.74. The predicted molar refractivity (Wildman–Crippen MR) is 96.6 cm³/mol. The van der Waals surface area contributed by atoms with Crippen molar-refractivity contribution < 1.29 is 18.0 Å². The average Bonchev–Trinajstić information content (AvgIpc) is 2.93. The van der Waals surface area contributed by atoms with Crippen LogP contribution in [0.5, 0.6) is 0 Å². The van der Waals surface area contributed by atoms with E-state index in [4.69, 9.17) is 0 Å². The zero-order chi connectivity index (χ0) is 18.4. The van der Waals surface area contributed by atoms with Crippen molar-refractivity contribution in [2.75, 3.05) is 24.6 Å². The van der Waals surface area contributed by atoms with Crippen LogP contribution >= 0.6 is 0 Å². The number of carbonyl (C=O) groups excluding carboxylic acids is 2. The average molecular weight is 366 g/mol. The molecule has 1 unspecified atom stereocenters. The highest BCUT2D eigenvalue weighted by Gasteiger charge is 2.33. The van der Waals surface area contributed by atoms with Crippen LogP contribution in [0.4, 0.5) is 0 Å². The van der Waals surface area contributed by atoms with Crippen LogP contribution < -0.4 is 0 Å². The molecule has 0 spiro atoms. The van der Waals surface area contributed by atoms with Crippen molar-refractivity contribution in [3.63, 3.8) is 0 Å². The fourth-order valence-electron chi connectivity index (χ4n) is 3.17. The maximum Gasteiger partial charge on any atom is 0.224 e. The normalized spacial score (nSPS) is 18.7. The summed E-state index contributed by atoms with van der Waals surface area (Å²) >= 11 is 0. The Morgan fingerprint density at radius 3 is 2.40 bits per heavy atom. The number of benzene rings is 1. The lowest BCUT2D eigenvalue weighted by Crippen LogP contribution is -2.42. The molecule has 25 heavy (non-hydrogen) atoms. The Hall–Kier alpha value is -1.89. The van der Waals surface area contributed by atoms with Crippen molar-refractivity contribution in [3.05, 3.63) is 35.9 Å². The van der Waals surface area contributed by atoms with Crippen molar-refractivity contribution in [3.8, 4) is 0 Å². The number of carbonyl (C=O) groups is 2. The molecule has 2 amide bonds. The molecule has 0 radical (unpaired) electrons. The predicted octanol–water partition coefficient (Wildman–Crippen LogP) is 1.46. The fraction of sp³-hybridized carbons (Fsp3) is 0.556.